The van der Waals surface area contributed by atoms with Crippen LogP contribution in [0.3, 0.4) is 0 Å². The minimum atomic E-state index is -1.80. The average Bonchev–Trinajstić information content (AvgIpc) is 3.06. The molecule has 0 amide bonds. The van der Waals surface area contributed by atoms with Crippen LogP contribution >= 0.6 is 0 Å². The van der Waals surface area contributed by atoms with E-state index < -0.39 is 70.8 Å². The second-order valence-corrected chi connectivity index (χ2v) is 11.9. The highest BCUT2D eigenvalue weighted by molar-refractivity contribution is 5.94. The van der Waals surface area contributed by atoms with Crippen molar-refractivity contribution in [3.8, 4) is 0 Å². The molecule has 0 aliphatic heterocycles. The highest BCUT2D eigenvalue weighted by atomic mass is 16.6. The minimum absolute atomic E-state index is 0.0388. The summed E-state index contributed by atoms with van der Waals surface area (Å²) in [7, 11) is 0. The molecule has 0 bridgehead atoms. The van der Waals surface area contributed by atoms with E-state index in [0.717, 1.165) is 0 Å². The molecule has 0 unspecified atom stereocenters. The van der Waals surface area contributed by atoms with Gasteiger partial charge >= 0.3 is 17.9 Å². The molecule has 9 nitrogen and oxygen atoms in total. The van der Waals surface area contributed by atoms with Gasteiger partial charge in [-0.2, -0.15) is 0 Å². The molecule has 0 spiro atoms. The zero-order valence-corrected chi connectivity index (χ0v) is 24.7. The largest absolute Gasteiger partial charge is 0.462 e. The molecule has 218 valence electrons. The van der Waals surface area contributed by atoms with E-state index in [2.05, 4.69) is 6.58 Å². The first-order valence-electron chi connectivity index (χ1n) is 13.5. The van der Waals surface area contributed by atoms with Crippen molar-refractivity contribution >= 4 is 29.5 Å². The second-order valence-electron chi connectivity index (χ2n) is 11.9. The van der Waals surface area contributed by atoms with Gasteiger partial charge in [0, 0.05) is 51.6 Å². The van der Waals surface area contributed by atoms with Gasteiger partial charge in [0.05, 0.1) is 12.0 Å². The molecule has 0 N–H and O–H groups in total. The monoisotopic (exact) mass is 548 g/mol. The van der Waals surface area contributed by atoms with E-state index in [0.29, 0.717) is 6.61 Å². The van der Waals surface area contributed by atoms with Crippen molar-refractivity contribution in [2.75, 3.05) is 6.61 Å². The van der Waals surface area contributed by atoms with E-state index in [4.69, 9.17) is 18.9 Å². The van der Waals surface area contributed by atoms with Crippen LogP contribution in [0.15, 0.2) is 24.3 Å². The summed E-state index contributed by atoms with van der Waals surface area (Å²) in [6, 6.07) is 0. The standard InChI is InChI=1S/C30H44O9/c1-16(2)15-36-23-13-24(34)29(9,10)12-11-17(3)28(35)30(39-22(8)33)14-18(4)26(37-20(6)31)25(30)27(19(23)5)38-21(7)32/h11-12,16-18,23,25-27H,5,13-15H2,1-4,6-10H3/b12-11+/t17-,18+,23-,25-,26+,27+,30-/m1/s1. The van der Waals surface area contributed by atoms with E-state index in [1.54, 1.807) is 39.8 Å². The first-order valence-corrected chi connectivity index (χ1v) is 13.5. The number of esters is 3. The Morgan fingerprint density at radius 2 is 1.62 bits per heavy atom. The second kappa shape index (κ2) is 12.6. The highest BCUT2D eigenvalue weighted by Crippen LogP contribution is 2.50. The Bertz CT molecular complexity index is 1020. The maximum Gasteiger partial charge on any atom is 0.303 e. The van der Waals surface area contributed by atoms with Gasteiger partial charge in [-0.1, -0.05) is 46.4 Å². The number of ketones is 2. The number of carbonyl (C=O) groups is 5. The van der Waals surface area contributed by atoms with Gasteiger partial charge in [0.2, 0.25) is 0 Å². The maximum absolute atomic E-state index is 14.2. The van der Waals surface area contributed by atoms with Gasteiger partial charge in [-0.25, -0.2) is 0 Å². The highest BCUT2D eigenvalue weighted by Gasteiger charge is 2.65. The topological polar surface area (TPSA) is 122 Å². The zero-order chi connectivity index (χ0) is 29.9. The summed E-state index contributed by atoms with van der Waals surface area (Å²) in [5.74, 6) is -4.81. The summed E-state index contributed by atoms with van der Waals surface area (Å²) in [4.78, 5) is 64.9. The molecule has 0 aromatic rings. The Labute approximate surface area is 231 Å². The molecule has 0 aromatic carbocycles. The fourth-order valence-corrected chi connectivity index (χ4v) is 5.56. The van der Waals surface area contributed by atoms with Crippen molar-refractivity contribution in [3.63, 3.8) is 0 Å². The SMILES string of the molecule is C=C1[C@H](OCC(C)C)CC(=O)C(C)(C)/C=C/[C@@H](C)C(=O)[C@@]2(OC(C)=O)C[C@H](C)[C@H](OC(C)=O)[C@@H]2[C@H]1OC(C)=O. The molecule has 9 heteroatoms. The molecule has 7 atom stereocenters. The molecule has 0 radical (unpaired) electrons. The Kier molecular flexibility index (Phi) is 10.4. The van der Waals surface area contributed by atoms with Crippen molar-refractivity contribution in [1.82, 2.24) is 0 Å². The third-order valence-electron chi connectivity index (χ3n) is 7.46. The Morgan fingerprint density at radius 3 is 2.13 bits per heavy atom. The molecule has 2 aliphatic carbocycles. The van der Waals surface area contributed by atoms with Gasteiger partial charge in [0.1, 0.15) is 18.0 Å². The summed E-state index contributed by atoms with van der Waals surface area (Å²) in [6.07, 6.45) is 0.193. The zero-order valence-electron chi connectivity index (χ0n) is 24.7. The lowest BCUT2D eigenvalue weighted by Gasteiger charge is -2.42. The maximum atomic E-state index is 14.2. The molecule has 39 heavy (non-hydrogen) atoms. The fraction of sp³-hybridized carbons (Fsp3) is 0.700. The summed E-state index contributed by atoms with van der Waals surface area (Å²) < 4.78 is 23.6. The third-order valence-corrected chi connectivity index (χ3v) is 7.46. The molecule has 1 saturated carbocycles. The van der Waals surface area contributed by atoms with Gasteiger partial charge in [-0.05, 0) is 31.3 Å². The number of rotatable bonds is 6. The quantitative estimate of drug-likeness (QED) is 0.273. The number of fused-ring (bicyclic) bond motifs is 1. The van der Waals surface area contributed by atoms with Gasteiger partial charge in [-0.15, -0.1) is 0 Å². The van der Waals surface area contributed by atoms with Gasteiger partial charge in [0.25, 0.3) is 0 Å². The predicted molar refractivity (Wildman–Crippen MR) is 143 cm³/mol. The van der Waals surface area contributed by atoms with Crippen LogP contribution in [0.2, 0.25) is 0 Å². The van der Waals surface area contributed by atoms with Gasteiger partial charge < -0.3 is 18.9 Å². The summed E-state index contributed by atoms with van der Waals surface area (Å²) in [5, 5.41) is 0. The molecule has 2 aliphatic rings. The van der Waals surface area contributed by atoms with E-state index >= 15 is 0 Å². The number of hydrogen-bond acceptors (Lipinski definition) is 9. The first kappa shape index (κ1) is 32.4. The van der Waals surface area contributed by atoms with E-state index in [-0.39, 0.29) is 30.1 Å². The molecule has 0 heterocycles. The Balaban J connectivity index is 2.91. The number of hydrogen-bond donors (Lipinski definition) is 0. The van der Waals surface area contributed by atoms with Crippen LogP contribution < -0.4 is 0 Å². The Hall–Kier alpha value is -2.81. The molecule has 0 saturated heterocycles. The lowest BCUT2D eigenvalue weighted by molar-refractivity contribution is -0.185. The number of carbonyl (C=O) groups excluding carboxylic acids is 5. The number of ether oxygens (including phenoxy) is 4. The van der Waals surface area contributed by atoms with Crippen molar-refractivity contribution in [1.29, 1.82) is 0 Å². The van der Waals surface area contributed by atoms with Crippen LogP contribution in [-0.2, 0) is 42.9 Å². The average molecular weight is 549 g/mol. The molecular weight excluding hydrogens is 504 g/mol. The molecule has 1 fully saturated rings. The molecule has 2 rings (SSSR count). The molecule has 0 aromatic heterocycles. The van der Waals surface area contributed by atoms with E-state index in [9.17, 15) is 24.0 Å². The van der Waals surface area contributed by atoms with Crippen LogP contribution in [0.25, 0.3) is 0 Å². The smallest absolute Gasteiger partial charge is 0.303 e. The van der Waals surface area contributed by atoms with Crippen molar-refractivity contribution in [3.05, 3.63) is 24.3 Å². The normalized spacial score (nSPS) is 33.9. The number of allylic oxidation sites excluding steroid dienone is 2. The van der Waals surface area contributed by atoms with Crippen molar-refractivity contribution in [2.45, 2.75) is 99.1 Å². The van der Waals surface area contributed by atoms with Gasteiger partial charge in [0.15, 0.2) is 11.4 Å². The van der Waals surface area contributed by atoms with Gasteiger partial charge in [-0.3, -0.25) is 24.0 Å². The van der Waals surface area contributed by atoms with Crippen LogP contribution in [0.5, 0.6) is 0 Å². The lowest BCUT2D eigenvalue weighted by Crippen LogP contribution is -2.57. The third kappa shape index (κ3) is 7.44. The van der Waals surface area contributed by atoms with Crippen molar-refractivity contribution < 1.29 is 42.9 Å². The summed E-state index contributed by atoms with van der Waals surface area (Å²) in [6.45, 7) is 19.0. The van der Waals surface area contributed by atoms with E-state index in [1.165, 1.54) is 20.8 Å². The number of Topliss-reactive ketones (excluding diaryl/α,β-unsaturated/α-hetero) is 2. The minimum Gasteiger partial charge on any atom is -0.462 e. The van der Waals surface area contributed by atoms with Crippen LogP contribution in [-0.4, -0.2) is 60.0 Å². The lowest BCUT2D eigenvalue weighted by atomic mass is 9.73. The van der Waals surface area contributed by atoms with Crippen LogP contribution in [0.4, 0.5) is 0 Å². The van der Waals surface area contributed by atoms with Crippen LogP contribution in [0, 0.1) is 29.1 Å². The van der Waals surface area contributed by atoms with Crippen LogP contribution in [0.1, 0.15) is 75.2 Å². The molecular formula is C30H44O9. The Morgan fingerprint density at radius 1 is 1.03 bits per heavy atom. The fourth-order valence-electron chi connectivity index (χ4n) is 5.56. The first-order chi connectivity index (χ1) is 17.9. The van der Waals surface area contributed by atoms with Crippen molar-refractivity contribution in [2.24, 2.45) is 29.1 Å². The summed E-state index contributed by atoms with van der Waals surface area (Å²) in [5.41, 5.74) is -2.51. The predicted octanol–water partition coefficient (Wildman–Crippen LogP) is 4.17. The summed E-state index contributed by atoms with van der Waals surface area (Å²) >= 11 is 0. The van der Waals surface area contributed by atoms with E-state index in [1.807, 2.05) is 13.8 Å².